The number of pyridine rings is 1. The minimum atomic E-state index is -0.600. The zero-order chi connectivity index (χ0) is 19.5. The van der Waals surface area contributed by atoms with E-state index in [1.165, 1.54) is 41.4 Å². The summed E-state index contributed by atoms with van der Waals surface area (Å²) in [4.78, 5) is 29.1. The van der Waals surface area contributed by atoms with E-state index in [0.717, 1.165) is 28.8 Å². The fraction of sp³-hybridized carbons (Fsp3) is 0.143. The maximum atomic E-state index is 12.3. The number of aryl methyl sites for hydroxylation is 1. The Morgan fingerprint density at radius 2 is 1.96 bits per heavy atom. The molecule has 1 N–H and O–H groups in total. The summed E-state index contributed by atoms with van der Waals surface area (Å²) in [5, 5.41) is 12.8. The summed E-state index contributed by atoms with van der Waals surface area (Å²) in [6.07, 6.45) is 4.58. The largest absolute Gasteiger partial charge is 0.452 e. The van der Waals surface area contributed by atoms with E-state index in [-0.39, 0.29) is 0 Å². The lowest BCUT2D eigenvalue weighted by Gasteiger charge is -2.15. The van der Waals surface area contributed by atoms with E-state index in [0.29, 0.717) is 16.1 Å². The van der Waals surface area contributed by atoms with Gasteiger partial charge < -0.3 is 10.1 Å². The third-order valence-corrected chi connectivity index (χ3v) is 5.71. The molecule has 1 aliphatic carbocycles. The number of carbonyl (C=O) groups is 2. The number of rotatable bonds is 4. The van der Waals surface area contributed by atoms with Crippen molar-refractivity contribution in [3.8, 4) is 16.5 Å². The molecule has 0 atom stereocenters. The smallest absolute Gasteiger partial charge is 0.338 e. The molecule has 0 aliphatic heterocycles. The van der Waals surface area contributed by atoms with Crippen molar-refractivity contribution < 1.29 is 14.3 Å². The third-order valence-electron chi connectivity index (χ3n) is 4.53. The number of esters is 1. The molecule has 0 saturated heterocycles. The van der Waals surface area contributed by atoms with Gasteiger partial charge in [0.2, 0.25) is 0 Å². The number of nitrogens with zero attached hydrogens (tertiary/aromatic N) is 2. The zero-order valence-electron chi connectivity index (χ0n) is 14.8. The summed E-state index contributed by atoms with van der Waals surface area (Å²) in [5.41, 5.74) is 4.13. The Balaban J connectivity index is 1.50. The van der Waals surface area contributed by atoms with E-state index in [1.54, 1.807) is 0 Å². The number of anilines is 1. The van der Waals surface area contributed by atoms with E-state index >= 15 is 0 Å². The van der Waals surface area contributed by atoms with Crippen LogP contribution in [0.1, 0.15) is 27.0 Å². The first-order valence-electron chi connectivity index (χ1n) is 8.68. The summed E-state index contributed by atoms with van der Waals surface area (Å²) in [7, 11) is 0. The molecule has 138 valence electrons. The Morgan fingerprint density at radius 1 is 1.18 bits per heavy atom. The number of hydrogen-bond donors (Lipinski definition) is 1. The maximum Gasteiger partial charge on any atom is 0.338 e. The summed E-state index contributed by atoms with van der Waals surface area (Å²) in [6.45, 7) is -0.425. The van der Waals surface area contributed by atoms with Crippen molar-refractivity contribution >= 4 is 28.2 Å². The lowest BCUT2D eigenvalue weighted by molar-refractivity contribution is -0.119. The van der Waals surface area contributed by atoms with E-state index < -0.39 is 18.5 Å². The molecule has 28 heavy (non-hydrogen) atoms. The van der Waals surface area contributed by atoms with Crippen LogP contribution < -0.4 is 5.32 Å². The minimum absolute atomic E-state index is 0.323. The monoisotopic (exact) mass is 389 g/mol. The molecular formula is C21H15N3O3S. The predicted molar refractivity (Wildman–Crippen MR) is 105 cm³/mol. The van der Waals surface area contributed by atoms with Gasteiger partial charge in [0.05, 0.1) is 11.1 Å². The Morgan fingerprint density at radius 3 is 2.75 bits per heavy atom. The number of amides is 1. The SMILES string of the molecule is N#Cc1c(NC(=O)COC(=O)c2ccncc2)sc2c1CCc1ccccc1-2. The van der Waals surface area contributed by atoms with E-state index in [4.69, 9.17) is 4.74 Å². The van der Waals surface area contributed by atoms with E-state index in [2.05, 4.69) is 22.4 Å². The van der Waals surface area contributed by atoms with Crippen molar-refractivity contribution in [1.29, 1.82) is 5.26 Å². The van der Waals surface area contributed by atoms with Gasteiger partial charge in [-0.15, -0.1) is 11.3 Å². The molecule has 7 heteroatoms. The molecule has 0 spiro atoms. The maximum absolute atomic E-state index is 12.3. The van der Waals surface area contributed by atoms with Crippen molar-refractivity contribution in [1.82, 2.24) is 4.98 Å². The number of hydrogen-bond acceptors (Lipinski definition) is 6. The molecular weight excluding hydrogens is 374 g/mol. The first kappa shape index (κ1) is 17.9. The molecule has 2 heterocycles. The molecule has 3 aromatic rings. The molecule has 4 rings (SSSR count). The van der Waals surface area contributed by atoms with Gasteiger partial charge in [-0.1, -0.05) is 24.3 Å². The van der Waals surface area contributed by atoms with Crippen LogP contribution in [-0.4, -0.2) is 23.5 Å². The van der Waals surface area contributed by atoms with Crippen LogP contribution in [0.2, 0.25) is 0 Å². The molecule has 1 aromatic carbocycles. The summed E-state index contributed by atoms with van der Waals surface area (Å²) >= 11 is 1.38. The molecule has 0 unspecified atom stereocenters. The van der Waals surface area contributed by atoms with Gasteiger partial charge in [0.15, 0.2) is 6.61 Å². The number of nitrogens with one attached hydrogen (secondary N) is 1. The normalized spacial score (nSPS) is 11.7. The van der Waals surface area contributed by atoms with Crippen molar-refractivity contribution in [2.24, 2.45) is 0 Å². The second-order valence-corrected chi connectivity index (χ2v) is 7.26. The van der Waals surface area contributed by atoms with E-state index in [9.17, 15) is 14.9 Å². The number of thiophene rings is 1. The Bertz CT molecular complexity index is 1100. The van der Waals surface area contributed by atoms with Crippen LogP contribution in [0.15, 0.2) is 48.8 Å². The standard InChI is InChI=1S/C21H15N3O3S/c22-11-17-16-6-5-13-3-1-2-4-15(13)19(16)28-20(17)24-18(25)12-27-21(26)14-7-9-23-10-8-14/h1-4,7-10H,5-6,12H2,(H,24,25). The second-order valence-electron chi connectivity index (χ2n) is 6.24. The van der Waals surface area contributed by atoms with Gasteiger partial charge in [-0.3, -0.25) is 9.78 Å². The van der Waals surface area contributed by atoms with Gasteiger partial charge in [0.25, 0.3) is 5.91 Å². The average molecular weight is 389 g/mol. The van der Waals surface area contributed by atoms with Crippen LogP contribution in [0.3, 0.4) is 0 Å². The zero-order valence-corrected chi connectivity index (χ0v) is 15.6. The number of ether oxygens (including phenoxy) is 1. The van der Waals surface area contributed by atoms with E-state index in [1.807, 2.05) is 18.2 Å². The highest BCUT2D eigenvalue weighted by Crippen LogP contribution is 2.44. The van der Waals surface area contributed by atoms with Crippen LogP contribution in [0.5, 0.6) is 0 Å². The van der Waals surface area contributed by atoms with Gasteiger partial charge >= 0.3 is 5.97 Å². The highest BCUT2D eigenvalue weighted by atomic mass is 32.1. The van der Waals surface area contributed by atoms with Crippen molar-refractivity contribution in [3.05, 3.63) is 71.0 Å². The highest BCUT2D eigenvalue weighted by Gasteiger charge is 2.25. The molecule has 0 radical (unpaired) electrons. The van der Waals surface area contributed by atoms with Crippen LogP contribution in [0.25, 0.3) is 10.4 Å². The number of nitriles is 1. The molecule has 1 amide bonds. The number of aromatic nitrogens is 1. The number of carbonyl (C=O) groups excluding carboxylic acids is 2. The Kier molecular flexibility index (Phi) is 4.87. The summed E-state index contributed by atoms with van der Waals surface area (Å²) < 4.78 is 5.04. The van der Waals surface area contributed by atoms with Gasteiger partial charge in [-0.2, -0.15) is 5.26 Å². The van der Waals surface area contributed by atoms with Crippen LogP contribution in [-0.2, 0) is 22.4 Å². The van der Waals surface area contributed by atoms with Crippen LogP contribution >= 0.6 is 11.3 Å². The average Bonchev–Trinajstić information content (AvgIpc) is 3.10. The first-order chi connectivity index (χ1) is 13.7. The first-order valence-corrected chi connectivity index (χ1v) is 9.50. The lowest BCUT2D eigenvalue weighted by atomic mass is 9.90. The number of fused-ring (bicyclic) bond motifs is 3. The fourth-order valence-electron chi connectivity index (χ4n) is 3.21. The Hall–Kier alpha value is -3.50. The molecule has 0 bridgehead atoms. The van der Waals surface area contributed by atoms with Crippen LogP contribution in [0.4, 0.5) is 5.00 Å². The molecule has 0 fully saturated rings. The summed E-state index contributed by atoms with van der Waals surface area (Å²) in [6, 6.07) is 13.3. The molecule has 0 saturated carbocycles. The number of benzene rings is 1. The van der Waals surface area contributed by atoms with Crippen molar-refractivity contribution in [2.45, 2.75) is 12.8 Å². The topological polar surface area (TPSA) is 92.1 Å². The third kappa shape index (κ3) is 3.38. The van der Waals surface area contributed by atoms with Gasteiger partial charge in [0.1, 0.15) is 11.1 Å². The predicted octanol–water partition coefficient (Wildman–Crippen LogP) is 3.58. The fourth-order valence-corrected chi connectivity index (χ4v) is 4.49. The minimum Gasteiger partial charge on any atom is -0.452 e. The van der Waals surface area contributed by atoms with Gasteiger partial charge in [-0.25, -0.2) is 4.79 Å². The van der Waals surface area contributed by atoms with Gasteiger partial charge in [-0.05, 0) is 41.7 Å². The molecule has 2 aromatic heterocycles. The van der Waals surface area contributed by atoms with Crippen LogP contribution in [0, 0.1) is 11.3 Å². The van der Waals surface area contributed by atoms with Crippen molar-refractivity contribution in [3.63, 3.8) is 0 Å². The summed E-state index contributed by atoms with van der Waals surface area (Å²) in [5.74, 6) is -1.08. The molecule has 6 nitrogen and oxygen atoms in total. The van der Waals surface area contributed by atoms with Crippen molar-refractivity contribution in [2.75, 3.05) is 11.9 Å². The molecule has 1 aliphatic rings. The highest BCUT2D eigenvalue weighted by molar-refractivity contribution is 7.20. The lowest BCUT2D eigenvalue weighted by Crippen LogP contribution is -2.20. The Labute approximate surface area is 165 Å². The quantitative estimate of drug-likeness (QED) is 0.689. The second kappa shape index (κ2) is 7.62. The van der Waals surface area contributed by atoms with Gasteiger partial charge in [0, 0.05) is 17.3 Å².